The van der Waals surface area contributed by atoms with E-state index < -0.39 is 6.10 Å². The topological polar surface area (TPSA) is 32.3 Å². The highest BCUT2D eigenvalue weighted by Crippen LogP contribution is 2.20. The van der Waals surface area contributed by atoms with Crippen LogP contribution in [0.15, 0.2) is 24.3 Å². The second kappa shape index (κ2) is 5.17. The second-order valence-corrected chi connectivity index (χ2v) is 5.62. The van der Waals surface area contributed by atoms with E-state index in [-0.39, 0.29) is 11.6 Å². The molecule has 1 aromatic rings. The maximum absolute atomic E-state index is 10.1. The molecule has 0 fully saturated rings. The first-order valence-corrected chi connectivity index (χ1v) is 5.88. The summed E-state index contributed by atoms with van der Waals surface area (Å²) in [5.74, 6) is 0. The van der Waals surface area contributed by atoms with Gasteiger partial charge in [0.15, 0.2) is 0 Å². The molecule has 0 aromatic heterocycles. The number of hydrogen-bond donors (Lipinski definition) is 2. The predicted octanol–water partition coefficient (Wildman–Crippen LogP) is 3.15. The quantitative estimate of drug-likeness (QED) is 0.852. The van der Waals surface area contributed by atoms with Crippen molar-refractivity contribution in [3.8, 4) is 0 Å². The minimum Gasteiger partial charge on any atom is -0.387 e. The van der Waals surface area contributed by atoms with Crippen LogP contribution in [0.1, 0.15) is 39.4 Å². The lowest BCUT2D eigenvalue weighted by Crippen LogP contribution is -2.44. The molecule has 3 heteroatoms. The molecule has 0 aliphatic rings. The van der Waals surface area contributed by atoms with Gasteiger partial charge in [0.25, 0.3) is 0 Å². The molecular formula is C13H20ClNO. The molecular weight excluding hydrogens is 222 g/mol. The fraction of sp³-hybridized carbons (Fsp3) is 0.538. The van der Waals surface area contributed by atoms with Crippen LogP contribution in [0.4, 0.5) is 0 Å². The molecule has 0 spiro atoms. The monoisotopic (exact) mass is 241 g/mol. The molecule has 16 heavy (non-hydrogen) atoms. The van der Waals surface area contributed by atoms with Crippen LogP contribution in [-0.2, 0) is 0 Å². The number of hydrogen-bond acceptors (Lipinski definition) is 2. The summed E-state index contributed by atoms with van der Waals surface area (Å²) in [6, 6.07) is 7.30. The molecule has 0 saturated carbocycles. The van der Waals surface area contributed by atoms with Gasteiger partial charge in [-0.05, 0) is 45.4 Å². The fourth-order valence-corrected chi connectivity index (χ4v) is 1.84. The van der Waals surface area contributed by atoms with Gasteiger partial charge in [-0.15, -0.1) is 0 Å². The van der Waals surface area contributed by atoms with Crippen molar-refractivity contribution >= 4 is 11.6 Å². The van der Waals surface area contributed by atoms with Crippen LogP contribution >= 0.6 is 11.6 Å². The summed E-state index contributed by atoms with van der Waals surface area (Å²) < 4.78 is 0. The molecule has 0 saturated heterocycles. The van der Waals surface area contributed by atoms with E-state index in [9.17, 15) is 5.11 Å². The Morgan fingerprint density at radius 1 is 1.19 bits per heavy atom. The lowest BCUT2D eigenvalue weighted by atomic mass is 10.00. The van der Waals surface area contributed by atoms with Crippen LogP contribution in [0.25, 0.3) is 0 Å². The summed E-state index contributed by atoms with van der Waals surface area (Å²) in [4.78, 5) is 0. The maximum Gasteiger partial charge on any atom is 0.0940 e. The van der Waals surface area contributed by atoms with Crippen molar-refractivity contribution in [1.29, 1.82) is 0 Å². The van der Waals surface area contributed by atoms with Gasteiger partial charge in [0.2, 0.25) is 0 Å². The molecule has 1 aromatic carbocycles. The number of aliphatic hydroxyl groups excluding tert-OH is 1. The van der Waals surface area contributed by atoms with Crippen molar-refractivity contribution in [2.45, 2.75) is 45.4 Å². The van der Waals surface area contributed by atoms with Gasteiger partial charge in [0.1, 0.15) is 0 Å². The number of benzene rings is 1. The minimum atomic E-state index is -0.517. The van der Waals surface area contributed by atoms with Crippen molar-refractivity contribution < 1.29 is 5.11 Å². The zero-order chi connectivity index (χ0) is 12.3. The van der Waals surface area contributed by atoms with E-state index in [4.69, 9.17) is 11.6 Å². The summed E-state index contributed by atoms with van der Waals surface area (Å²) in [5, 5.41) is 14.2. The summed E-state index contributed by atoms with van der Waals surface area (Å²) in [6.45, 7) is 8.22. The molecule has 0 heterocycles. The number of nitrogens with one attached hydrogen (secondary N) is 1. The summed E-state index contributed by atoms with van der Waals surface area (Å²) in [7, 11) is 0. The molecule has 0 bridgehead atoms. The normalized spacial score (nSPS) is 15.9. The minimum absolute atomic E-state index is 0.00109. The van der Waals surface area contributed by atoms with Crippen molar-refractivity contribution in [3.05, 3.63) is 34.9 Å². The maximum atomic E-state index is 10.1. The second-order valence-electron chi connectivity index (χ2n) is 5.18. The molecule has 0 amide bonds. The van der Waals surface area contributed by atoms with Crippen LogP contribution in [0.2, 0.25) is 5.02 Å². The average Bonchev–Trinajstić information content (AvgIpc) is 2.15. The van der Waals surface area contributed by atoms with Crippen LogP contribution in [0.3, 0.4) is 0 Å². The molecule has 2 nitrogen and oxygen atoms in total. The molecule has 1 rings (SSSR count). The molecule has 0 aliphatic heterocycles. The summed E-state index contributed by atoms with van der Waals surface area (Å²) >= 11 is 5.81. The van der Waals surface area contributed by atoms with Gasteiger partial charge in [0.05, 0.1) is 6.10 Å². The third-order valence-electron chi connectivity index (χ3n) is 2.35. The van der Waals surface area contributed by atoms with E-state index >= 15 is 0 Å². The fourth-order valence-electron chi connectivity index (χ4n) is 1.71. The molecule has 2 N–H and O–H groups in total. The molecule has 2 atom stereocenters. The van der Waals surface area contributed by atoms with Gasteiger partial charge in [-0.3, -0.25) is 0 Å². The summed E-state index contributed by atoms with van der Waals surface area (Å²) in [6.07, 6.45) is -0.517. The van der Waals surface area contributed by atoms with E-state index in [1.807, 2.05) is 19.1 Å². The van der Waals surface area contributed by atoms with E-state index in [0.717, 1.165) is 5.56 Å². The Bertz CT molecular complexity index is 329. The number of halogens is 1. The van der Waals surface area contributed by atoms with Gasteiger partial charge < -0.3 is 10.4 Å². The Morgan fingerprint density at radius 3 is 2.12 bits per heavy atom. The van der Waals surface area contributed by atoms with Crippen LogP contribution < -0.4 is 5.32 Å². The van der Waals surface area contributed by atoms with Gasteiger partial charge in [-0.2, -0.15) is 0 Å². The van der Waals surface area contributed by atoms with Crippen LogP contribution in [0.5, 0.6) is 0 Å². The zero-order valence-electron chi connectivity index (χ0n) is 10.3. The van der Waals surface area contributed by atoms with E-state index in [2.05, 4.69) is 26.1 Å². The van der Waals surface area contributed by atoms with E-state index in [1.165, 1.54) is 0 Å². The highest BCUT2D eigenvalue weighted by Gasteiger charge is 2.21. The lowest BCUT2D eigenvalue weighted by Gasteiger charge is -2.29. The first-order valence-electron chi connectivity index (χ1n) is 5.51. The standard InChI is InChI=1S/C13H20ClNO/c1-9(15-13(2,3)4)12(16)10-5-7-11(14)8-6-10/h5-9,12,15-16H,1-4H3/t9-,12+/m1/s1. The van der Waals surface area contributed by atoms with Crippen LogP contribution in [0, 0.1) is 0 Å². The largest absolute Gasteiger partial charge is 0.387 e. The van der Waals surface area contributed by atoms with Crippen molar-refractivity contribution in [1.82, 2.24) is 5.32 Å². The van der Waals surface area contributed by atoms with E-state index in [1.54, 1.807) is 12.1 Å². The average molecular weight is 242 g/mol. The van der Waals surface area contributed by atoms with E-state index in [0.29, 0.717) is 5.02 Å². The smallest absolute Gasteiger partial charge is 0.0940 e. The highest BCUT2D eigenvalue weighted by atomic mass is 35.5. The Balaban J connectivity index is 2.70. The zero-order valence-corrected chi connectivity index (χ0v) is 11.0. The van der Waals surface area contributed by atoms with Gasteiger partial charge in [-0.25, -0.2) is 0 Å². The SMILES string of the molecule is C[C@@H](NC(C)(C)C)[C@H](O)c1ccc(Cl)cc1. The predicted molar refractivity (Wildman–Crippen MR) is 68.8 cm³/mol. The first-order chi connectivity index (χ1) is 7.29. The van der Waals surface area contributed by atoms with Crippen molar-refractivity contribution in [3.63, 3.8) is 0 Å². The van der Waals surface area contributed by atoms with Crippen LogP contribution in [-0.4, -0.2) is 16.7 Å². The highest BCUT2D eigenvalue weighted by molar-refractivity contribution is 6.30. The Morgan fingerprint density at radius 2 is 1.69 bits per heavy atom. The van der Waals surface area contributed by atoms with Gasteiger partial charge >= 0.3 is 0 Å². The first kappa shape index (κ1) is 13.5. The lowest BCUT2D eigenvalue weighted by molar-refractivity contribution is 0.121. The Kier molecular flexibility index (Phi) is 4.36. The molecule has 90 valence electrons. The van der Waals surface area contributed by atoms with Crippen molar-refractivity contribution in [2.75, 3.05) is 0 Å². The Hall–Kier alpha value is -0.570. The van der Waals surface area contributed by atoms with Gasteiger partial charge in [0, 0.05) is 16.6 Å². The molecule has 0 aliphatic carbocycles. The summed E-state index contributed by atoms with van der Waals surface area (Å²) in [5.41, 5.74) is 0.876. The number of rotatable bonds is 3. The third-order valence-corrected chi connectivity index (χ3v) is 2.60. The Labute approximate surface area is 103 Å². The molecule has 0 radical (unpaired) electrons. The number of aliphatic hydroxyl groups is 1. The van der Waals surface area contributed by atoms with Gasteiger partial charge in [-0.1, -0.05) is 23.7 Å². The third kappa shape index (κ3) is 4.12. The molecule has 0 unspecified atom stereocenters. The van der Waals surface area contributed by atoms with Crippen molar-refractivity contribution in [2.24, 2.45) is 0 Å².